The van der Waals surface area contributed by atoms with Gasteiger partial charge in [0.05, 0.1) is 34.4 Å². The van der Waals surface area contributed by atoms with E-state index >= 15 is 0 Å². The summed E-state index contributed by atoms with van der Waals surface area (Å²) in [6.45, 7) is 2.30. The number of nitrogens with zero attached hydrogens (tertiary/aromatic N) is 1. The Labute approximate surface area is 161 Å². The summed E-state index contributed by atoms with van der Waals surface area (Å²) >= 11 is 0. The number of ether oxygens (including phenoxy) is 2. The molecule has 1 aromatic heterocycles. The maximum atomic E-state index is 12.8. The number of aromatic nitrogens is 1. The highest BCUT2D eigenvalue weighted by molar-refractivity contribution is 7.92. The van der Waals surface area contributed by atoms with E-state index in [1.54, 1.807) is 19.2 Å². The first-order chi connectivity index (χ1) is 13.5. The third-order valence-electron chi connectivity index (χ3n) is 4.18. The fraction of sp³-hybridized carbons (Fsp3) is 0.158. The lowest BCUT2D eigenvalue weighted by Gasteiger charge is -2.17. The summed E-state index contributed by atoms with van der Waals surface area (Å²) in [7, 11) is -3.86. The Morgan fingerprint density at radius 3 is 2.75 bits per heavy atom. The molecule has 8 nitrogen and oxygen atoms in total. The zero-order valence-corrected chi connectivity index (χ0v) is 15.7. The number of hydrogen-bond donors (Lipinski definition) is 1. The molecule has 0 saturated carbocycles. The molecule has 4 rings (SSSR count). The molecular weight excluding hydrogens is 384 g/mol. The van der Waals surface area contributed by atoms with Gasteiger partial charge in [0.15, 0.2) is 5.76 Å². The van der Waals surface area contributed by atoms with Crippen molar-refractivity contribution in [3.63, 3.8) is 0 Å². The van der Waals surface area contributed by atoms with Gasteiger partial charge in [0.1, 0.15) is 12.4 Å². The Morgan fingerprint density at radius 2 is 2.00 bits per heavy atom. The second-order valence-electron chi connectivity index (χ2n) is 6.03. The molecule has 3 aromatic rings. The summed E-state index contributed by atoms with van der Waals surface area (Å²) in [5.41, 5.74) is 1.94. The van der Waals surface area contributed by atoms with Crippen LogP contribution < -0.4 is 9.46 Å². The van der Waals surface area contributed by atoms with Crippen LogP contribution in [0.3, 0.4) is 0 Å². The van der Waals surface area contributed by atoms with Gasteiger partial charge in [-0.2, -0.15) is 0 Å². The van der Waals surface area contributed by atoms with E-state index in [0.717, 1.165) is 5.56 Å². The van der Waals surface area contributed by atoms with Crippen molar-refractivity contribution in [2.24, 2.45) is 0 Å². The molecule has 2 heterocycles. The van der Waals surface area contributed by atoms with Gasteiger partial charge >= 0.3 is 5.97 Å². The van der Waals surface area contributed by atoms with E-state index < -0.39 is 16.0 Å². The second kappa shape index (κ2) is 7.01. The van der Waals surface area contributed by atoms with Crippen LogP contribution in [0.2, 0.25) is 0 Å². The predicted molar refractivity (Wildman–Crippen MR) is 99.5 cm³/mol. The molecule has 1 aliphatic heterocycles. The zero-order valence-electron chi connectivity index (χ0n) is 14.8. The third-order valence-corrected chi connectivity index (χ3v) is 5.56. The van der Waals surface area contributed by atoms with E-state index in [0.29, 0.717) is 34.9 Å². The van der Waals surface area contributed by atoms with Gasteiger partial charge in [-0.1, -0.05) is 5.16 Å². The van der Waals surface area contributed by atoms with Crippen molar-refractivity contribution in [2.75, 3.05) is 11.3 Å². The molecule has 0 radical (unpaired) electrons. The van der Waals surface area contributed by atoms with Crippen molar-refractivity contribution in [1.29, 1.82) is 0 Å². The molecule has 0 bridgehead atoms. The zero-order chi connectivity index (χ0) is 19.7. The van der Waals surface area contributed by atoms with E-state index in [2.05, 4.69) is 9.88 Å². The number of carbonyl (C=O) groups excluding carboxylic acids is 1. The highest BCUT2D eigenvalue weighted by Gasteiger charge is 2.25. The number of sulfonamides is 1. The van der Waals surface area contributed by atoms with E-state index in [1.165, 1.54) is 36.4 Å². The molecular formula is C19H16N2O6S. The number of benzene rings is 2. The number of rotatable bonds is 5. The summed E-state index contributed by atoms with van der Waals surface area (Å²) in [6, 6.07) is 10.5. The first-order valence-electron chi connectivity index (χ1n) is 8.48. The van der Waals surface area contributed by atoms with Crippen LogP contribution in [0.15, 0.2) is 58.1 Å². The van der Waals surface area contributed by atoms with Gasteiger partial charge in [0.25, 0.3) is 10.0 Å². The Hall–Kier alpha value is -3.33. The number of esters is 1. The lowest BCUT2D eigenvalue weighted by Crippen LogP contribution is -2.14. The Morgan fingerprint density at radius 1 is 1.21 bits per heavy atom. The third kappa shape index (κ3) is 3.31. The fourth-order valence-electron chi connectivity index (χ4n) is 2.82. The van der Waals surface area contributed by atoms with Crippen molar-refractivity contribution in [3.05, 3.63) is 59.8 Å². The van der Waals surface area contributed by atoms with Crippen LogP contribution in [0.5, 0.6) is 5.75 Å². The first kappa shape index (κ1) is 18.1. The van der Waals surface area contributed by atoms with Crippen molar-refractivity contribution in [2.45, 2.75) is 18.4 Å². The van der Waals surface area contributed by atoms with Gasteiger partial charge in [-0.25, -0.2) is 13.2 Å². The Bertz CT molecular complexity index is 1140. The summed E-state index contributed by atoms with van der Waals surface area (Å²) in [6.07, 6.45) is 1.54. The molecule has 144 valence electrons. The van der Waals surface area contributed by atoms with Gasteiger partial charge in [0, 0.05) is 5.69 Å². The van der Waals surface area contributed by atoms with Crippen LogP contribution in [0.4, 0.5) is 5.69 Å². The molecule has 0 aliphatic carbocycles. The number of hydrogen-bond acceptors (Lipinski definition) is 7. The van der Waals surface area contributed by atoms with E-state index in [9.17, 15) is 13.2 Å². The quantitative estimate of drug-likeness (QED) is 0.655. The predicted octanol–water partition coefficient (Wildman–Crippen LogP) is 3.21. The van der Waals surface area contributed by atoms with Gasteiger partial charge in [-0.05, 0) is 49.4 Å². The molecule has 28 heavy (non-hydrogen) atoms. The molecule has 2 aromatic carbocycles. The Balaban J connectivity index is 1.60. The van der Waals surface area contributed by atoms with Crippen LogP contribution in [0.1, 0.15) is 22.8 Å². The topological polar surface area (TPSA) is 108 Å². The van der Waals surface area contributed by atoms with Crippen LogP contribution in [0, 0.1) is 0 Å². The smallest absolute Gasteiger partial charge is 0.338 e. The average molecular weight is 400 g/mol. The van der Waals surface area contributed by atoms with Crippen LogP contribution >= 0.6 is 0 Å². The lowest BCUT2D eigenvalue weighted by atomic mass is 10.1. The molecule has 0 spiro atoms. The van der Waals surface area contributed by atoms with E-state index in [4.69, 9.17) is 14.0 Å². The highest BCUT2D eigenvalue weighted by Crippen LogP contribution is 2.38. The first-order valence-corrected chi connectivity index (χ1v) is 9.97. The number of carbonyl (C=O) groups is 1. The minimum absolute atomic E-state index is 0.0496. The van der Waals surface area contributed by atoms with Gasteiger partial charge < -0.3 is 14.0 Å². The summed E-state index contributed by atoms with van der Waals surface area (Å²) in [4.78, 5) is 11.7. The molecule has 1 aliphatic rings. The minimum atomic E-state index is -3.86. The molecule has 0 unspecified atom stereocenters. The molecule has 0 atom stereocenters. The minimum Gasteiger partial charge on any atom is -0.488 e. The summed E-state index contributed by atoms with van der Waals surface area (Å²) < 4.78 is 43.8. The molecule has 0 fully saturated rings. The number of nitrogens with one attached hydrogen (secondary N) is 1. The van der Waals surface area contributed by atoms with E-state index in [1.807, 2.05) is 0 Å². The van der Waals surface area contributed by atoms with Crippen molar-refractivity contribution < 1.29 is 27.2 Å². The van der Waals surface area contributed by atoms with Crippen LogP contribution in [-0.4, -0.2) is 26.2 Å². The molecule has 0 amide bonds. The monoisotopic (exact) mass is 400 g/mol. The fourth-order valence-corrected chi connectivity index (χ4v) is 3.91. The Kier molecular flexibility index (Phi) is 4.52. The number of fused-ring (bicyclic) bond motifs is 3. The largest absolute Gasteiger partial charge is 0.488 e. The van der Waals surface area contributed by atoms with Crippen molar-refractivity contribution in [3.8, 4) is 17.1 Å². The lowest BCUT2D eigenvalue weighted by molar-refractivity contribution is 0.0526. The van der Waals surface area contributed by atoms with E-state index in [-0.39, 0.29) is 11.5 Å². The van der Waals surface area contributed by atoms with Gasteiger partial charge in [-0.15, -0.1) is 0 Å². The summed E-state index contributed by atoms with van der Waals surface area (Å²) in [5, 5.41) is 3.74. The average Bonchev–Trinajstić information content (AvgIpc) is 3.17. The normalized spacial score (nSPS) is 12.5. The SMILES string of the molecule is CCOC(=O)c1ccc(NS(=O)(=O)c2ccc3c(c2)-c2oncc2CO3)cc1. The number of anilines is 1. The van der Waals surface area contributed by atoms with Gasteiger partial charge in [0.2, 0.25) is 0 Å². The van der Waals surface area contributed by atoms with Gasteiger partial charge in [-0.3, -0.25) is 4.72 Å². The maximum Gasteiger partial charge on any atom is 0.338 e. The van der Waals surface area contributed by atoms with Crippen molar-refractivity contribution in [1.82, 2.24) is 5.16 Å². The summed E-state index contributed by atoms with van der Waals surface area (Å²) in [5.74, 6) is 0.563. The van der Waals surface area contributed by atoms with Crippen molar-refractivity contribution >= 4 is 21.7 Å². The second-order valence-corrected chi connectivity index (χ2v) is 7.71. The van der Waals surface area contributed by atoms with Crippen LogP contribution in [-0.2, 0) is 21.4 Å². The highest BCUT2D eigenvalue weighted by atomic mass is 32.2. The molecule has 9 heteroatoms. The van der Waals surface area contributed by atoms with Crippen LogP contribution in [0.25, 0.3) is 11.3 Å². The molecule has 1 N–H and O–H groups in total. The molecule has 0 saturated heterocycles. The maximum absolute atomic E-state index is 12.8. The standard InChI is InChI=1S/C19H16N2O6S/c1-2-25-19(22)12-3-5-14(6-4-12)21-28(23,24)15-7-8-17-16(9-15)18-13(11-26-17)10-20-27-18/h3-10,21H,2,11H2,1H3.